The first-order valence-corrected chi connectivity index (χ1v) is 7.72. The Morgan fingerprint density at radius 3 is 2.46 bits per heavy atom. The second-order valence-corrected chi connectivity index (χ2v) is 6.05. The minimum atomic E-state index is -4.54. The highest BCUT2D eigenvalue weighted by molar-refractivity contribution is 5.99. The van der Waals surface area contributed by atoms with Crippen molar-refractivity contribution in [2.75, 3.05) is 10.6 Å². The number of hydrogen-bond donors (Lipinski definition) is 3. The van der Waals surface area contributed by atoms with E-state index in [0.717, 1.165) is 31.0 Å². The highest BCUT2D eigenvalue weighted by atomic mass is 19.4. The van der Waals surface area contributed by atoms with Gasteiger partial charge in [0.1, 0.15) is 0 Å². The molecule has 8 heteroatoms. The first kappa shape index (κ1) is 18.3. The number of nitrogens with one attached hydrogen (secondary N) is 2. The van der Waals surface area contributed by atoms with Gasteiger partial charge in [-0.05, 0) is 37.5 Å². The van der Waals surface area contributed by atoms with E-state index in [-0.39, 0.29) is 29.2 Å². The zero-order valence-corrected chi connectivity index (χ0v) is 13.2. The van der Waals surface area contributed by atoms with E-state index in [1.165, 1.54) is 6.92 Å². The molecule has 2 rings (SSSR count). The Hall–Kier alpha value is -2.09. The Balaban J connectivity index is 2.24. The number of anilines is 2. The van der Waals surface area contributed by atoms with Crippen LogP contribution in [0.15, 0.2) is 18.2 Å². The highest BCUT2D eigenvalue weighted by Gasteiger charge is 2.32. The average molecular weight is 343 g/mol. The SMILES string of the molecule is CC(=O)Nc1ccc(C(F)(F)F)cc1NC(=O)C1CCCC(N)C1. The standard InChI is InChI=1S/C16H20F3N3O2/c1-9(23)21-13-6-5-11(16(17,18)19)8-14(13)22-15(24)10-3-2-4-12(20)7-10/h5-6,8,10,12H,2-4,7,20H2,1H3,(H,21,23)(H,22,24). The van der Waals surface area contributed by atoms with Gasteiger partial charge in [-0.1, -0.05) is 6.42 Å². The predicted octanol–water partition coefficient (Wildman–Crippen LogP) is 3.12. The molecule has 2 amide bonds. The molecule has 1 aromatic rings. The summed E-state index contributed by atoms with van der Waals surface area (Å²) in [6.07, 6.45) is -1.75. The third kappa shape index (κ3) is 4.70. The highest BCUT2D eigenvalue weighted by Crippen LogP contribution is 2.34. The van der Waals surface area contributed by atoms with Gasteiger partial charge in [0.15, 0.2) is 0 Å². The minimum Gasteiger partial charge on any atom is -0.328 e. The summed E-state index contributed by atoms with van der Waals surface area (Å²) in [6.45, 7) is 1.24. The summed E-state index contributed by atoms with van der Waals surface area (Å²) in [5, 5.41) is 4.93. The lowest BCUT2D eigenvalue weighted by Crippen LogP contribution is -2.34. The van der Waals surface area contributed by atoms with Crippen LogP contribution in [0.5, 0.6) is 0 Å². The van der Waals surface area contributed by atoms with Gasteiger partial charge in [0.05, 0.1) is 16.9 Å². The van der Waals surface area contributed by atoms with Gasteiger partial charge < -0.3 is 16.4 Å². The van der Waals surface area contributed by atoms with E-state index in [4.69, 9.17) is 5.73 Å². The van der Waals surface area contributed by atoms with Gasteiger partial charge in [-0.25, -0.2) is 0 Å². The molecule has 0 saturated heterocycles. The molecule has 132 valence electrons. The van der Waals surface area contributed by atoms with Gasteiger partial charge >= 0.3 is 6.18 Å². The quantitative estimate of drug-likeness (QED) is 0.788. The fourth-order valence-electron chi connectivity index (χ4n) is 2.82. The van der Waals surface area contributed by atoms with Crippen molar-refractivity contribution in [3.8, 4) is 0 Å². The van der Waals surface area contributed by atoms with Crippen molar-refractivity contribution in [3.63, 3.8) is 0 Å². The van der Waals surface area contributed by atoms with Crippen LogP contribution in [0.1, 0.15) is 38.2 Å². The molecule has 0 radical (unpaired) electrons. The van der Waals surface area contributed by atoms with Crippen molar-refractivity contribution in [1.82, 2.24) is 0 Å². The number of hydrogen-bond acceptors (Lipinski definition) is 3. The zero-order valence-electron chi connectivity index (χ0n) is 13.2. The topological polar surface area (TPSA) is 84.2 Å². The largest absolute Gasteiger partial charge is 0.416 e. The Morgan fingerprint density at radius 2 is 1.88 bits per heavy atom. The molecule has 1 aliphatic carbocycles. The van der Waals surface area contributed by atoms with Crippen molar-refractivity contribution >= 4 is 23.2 Å². The number of alkyl halides is 3. The van der Waals surface area contributed by atoms with Crippen LogP contribution in [-0.2, 0) is 15.8 Å². The van der Waals surface area contributed by atoms with E-state index < -0.39 is 17.6 Å². The summed E-state index contributed by atoms with van der Waals surface area (Å²) < 4.78 is 38.7. The second-order valence-electron chi connectivity index (χ2n) is 6.05. The van der Waals surface area contributed by atoms with Crippen LogP contribution >= 0.6 is 0 Å². The average Bonchev–Trinajstić information content (AvgIpc) is 2.47. The van der Waals surface area contributed by atoms with E-state index in [1.54, 1.807) is 0 Å². The number of halogens is 3. The first-order valence-electron chi connectivity index (χ1n) is 7.72. The van der Waals surface area contributed by atoms with Gasteiger partial charge in [-0.15, -0.1) is 0 Å². The van der Waals surface area contributed by atoms with E-state index in [2.05, 4.69) is 10.6 Å². The van der Waals surface area contributed by atoms with Crippen molar-refractivity contribution in [2.24, 2.45) is 11.7 Å². The molecule has 1 fully saturated rings. The van der Waals surface area contributed by atoms with Crippen LogP contribution in [0.2, 0.25) is 0 Å². The van der Waals surface area contributed by atoms with Crippen LogP contribution in [0.3, 0.4) is 0 Å². The fraction of sp³-hybridized carbons (Fsp3) is 0.500. The van der Waals surface area contributed by atoms with Crippen LogP contribution < -0.4 is 16.4 Å². The summed E-state index contributed by atoms with van der Waals surface area (Å²) in [5.41, 5.74) is 5.01. The number of nitrogens with two attached hydrogens (primary N) is 1. The van der Waals surface area contributed by atoms with Gasteiger partial charge in [0.25, 0.3) is 0 Å². The smallest absolute Gasteiger partial charge is 0.328 e. The number of amides is 2. The van der Waals surface area contributed by atoms with Gasteiger partial charge in [0, 0.05) is 18.9 Å². The summed E-state index contributed by atoms with van der Waals surface area (Å²) in [6, 6.07) is 2.74. The third-order valence-corrected chi connectivity index (χ3v) is 4.00. The predicted molar refractivity (Wildman–Crippen MR) is 84.3 cm³/mol. The molecule has 2 atom stereocenters. The number of benzene rings is 1. The van der Waals surface area contributed by atoms with Crippen molar-refractivity contribution in [1.29, 1.82) is 0 Å². The molecule has 4 N–H and O–H groups in total. The molecule has 2 unspecified atom stereocenters. The third-order valence-electron chi connectivity index (χ3n) is 4.00. The second kappa shape index (κ2) is 7.21. The Morgan fingerprint density at radius 1 is 1.17 bits per heavy atom. The maximum Gasteiger partial charge on any atom is 0.416 e. The Labute approximate surface area is 137 Å². The van der Waals surface area contributed by atoms with Crippen LogP contribution in [0, 0.1) is 5.92 Å². The molecule has 24 heavy (non-hydrogen) atoms. The molecule has 0 spiro atoms. The first-order chi connectivity index (χ1) is 11.2. The summed E-state index contributed by atoms with van der Waals surface area (Å²) in [7, 11) is 0. The Kier molecular flexibility index (Phi) is 5.48. The van der Waals surface area contributed by atoms with E-state index in [1.807, 2.05) is 0 Å². The lowest BCUT2D eigenvalue weighted by atomic mass is 9.85. The van der Waals surface area contributed by atoms with Gasteiger partial charge in [0.2, 0.25) is 11.8 Å². The molecule has 0 bridgehead atoms. The van der Waals surface area contributed by atoms with Gasteiger partial charge in [-0.3, -0.25) is 9.59 Å². The molecule has 1 aromatic carbocycles. The van der Waals surface area contributed by atoms with Gasteiger partial charge in [-0.2, -0.15) is 13.2 Å². The molecule has 1 aliphatic rings. The normalized spacial score (nSPS) is 21.2. The van der Waals surface area contributed by atoms with Crippen molar-refractivity contribution in [3.05, 3.63) is 23.8 Å². The van der Waals surface area contributed by atoms with E-state index in [0.29, 0.717) is 12.8 Å². The van der Waals surface area contributed by atoms with Crippen LogP contribution in [0.25, 0.3) is 0 Å². The Bertz CT molecular complexity index is 631. The van der Waals surface area contributed by atoms with Crippen LogP contribution in [-0.4, -0.2) is 17.9 Å². The monoisotopic (exact) mass is 343 g/mol. The lowest BCUT2D eigenvalue weighted by molar-refractivity contribution is -0.137. The number of carbonyl (C=O) groups is 2. The molecule has 0 heterocycles. The molecule has 0 aromatic heterocycles. The maximum atomic E-state index is 12.9. The van der Waals surface area contributed by atoms with Crippen molar-refractivity contribution < 1.29 is 22.8 Å². The summed E-state index contributed by atoms with van der Waals surface area (Å²) >= 11 is 0. The summed E-state index contributed by atoms with van der Waals surface area (Å²) in [5.74, 6) is -1.16. The summed E-state index contributed by atoms with van der Waals surface area (Å²) in [4.78, 5) is 23.6. The number of rotatable bonds is 3. The lowest BCUT2D eigenvalue weighted by Gasteiger charge is -2.26. The van der Waals surface area contributed by atoms with Crippen molar-refractivity contribution in [2.45, 2.75) is 44.8 Å². The van der Waals surface area contributed by atoms with E-state index in [9.17, 15) is 22.8 Å². The molecule has 0 aliphatic heterocycles. The maximum absolute atomic E-state index is 12.9. The molecule has 5 nitrogen and oxygen atoms in total. The number of carbonyl (C=O) groups excluding carboxylic acids is 2. The fourth-order valence-corrected chi connectivity index (χ4v) is 2.82. The van der Waals surface area contributed by atoms with E-state index >= 15 is 0 Å². The van der Waals surface area contributed by atoms with Crippen LogP contribution in [0.4, 0.5) is 24.5 Å². The molecular formula is C16H20F3N3O2. The minimum absolute atomic E-state index is 0.0656. The molecule has 1 saturated carbocycles. The molecular weight excluding hydrogens is 323 g/mol. The zero-order chi connectivity index (χ0) is 17.9.